The molecule has 1 aliphatic carbocycles. The van der Waals surface area contributed by atoms with E-state index in [1.54, 1.807) is 0 Å². The van der Waals surface area contributed by atoms with Gasteiger partial charge in [-0.2, -0.15) is 0 Å². The number of hydrogen-bond acceptors (Lipinski definition) is 2. The zero-order chi connectivity index (χ0) is 16.7. The summed E-state index contributed by atoms with van der Waals surface area (Å²) in [6.07, 6.45) is 1.83. The number of amides is 1. The van der Waals surface area contributed by atoms with E-state index in [0.29, 0.717) is 6.54 Å². The van der Waals surface area contributed by atoms with Crippen molar-refractivity contribution < 1.29 is 4.79 Å². The molecule has 2 aromatic rings. The molecular formula is C21H22N2O. The molecule has 1 aliphatic heterocycles. The SMILES string of the molecule is CNCc1ccc(C2=C3CCNC(=O)c4cc(C)cc(c43)C2)cc1. The lowest BCUT2D eigenvalue weighted by Crippen LogP contribution is -2.23. The molecular weight excluding hydrogens is 296 g/mol. The normalized spacial score (nSPS) is 16.0. The molecule has 0 atom stereocenters. The largest absolute Gasteiger partial charge is 0.352 e. The summed E-state index contributed by atoms with van der Waals surface area (Å²) in [5.74, 6) is 0.0653. The highest BCUT2D eigenvalue weighted by Crippen LogP contribution is 2.43. The Bertz CT molecular complexity index is 847. The van der Waals surface area contributed by atoms with Crippen LogP contribution in [-0.4, -0.2) is 19.5 Å². The van der Waals surface area contributed by atoms with E-state index in [1.807, 2.05) is 13.1 Å². The van der Waals surface area contributed by atoms with Crippen LogP contribution in [0.25, 0.3) is 11.1 Å². The van der Waals surface area contributed by atoms with Gasteiger partial charge in [0, 0.05) is 18.7 Å². The number of carbonyl (C=O) groups is 1. The third-order valence-corrected chi connectivity index (χ3v) is 4.99. The summed E-state index contributed by atoms with van der Waals surface area (Å²) in [5, 5.41) is 6.22. The number of allylic oxidation sites excluding steroid dienone is 1. The van der Waals surface area contributed by atoms with Crippen molar-refractivity contribution >= 4 is 17.1 Å². The van der Waals surface area contributed by atoms with Crippen molar-refractivity contribution in [2.45, 2.75) is 26.3 Å². The zero-order valence-corrected chi connectivity index (χ0v) is 14.2. The molecule has 0 unspecified atom stereocenters. The fraction of sp³-hybridized carbons (Fsp3) is 0.286. The second-order valence-corrected chi connectivity index (χ2v) is 6.71. The molecule has 122 valence electrons. The second-order valence-electron chi connectivity index (χ2n) is 6.71. The maximum atomic E-state index is 12.4. The van der Waals surface area contributed by atoms with Gasteiger partial charge in [0.15, 0.2) is 0 Å². The van der Waals surface area contributed by atoms with Crippen molar-refractivity contribution in [3.63, 3.8) is 0 Å². The van der Waals surface area contributed by atoms with Crippen molar-refractivity contribution in [3.05, 3.63) is 69.8 Å². The lowest BCUT2D eigenvalue weighted by atomic mass is 9.95. The average Bonchev–Trinajstić information content (AvgIpc) is 2.84. The molecule has 0 aromatic heterocycles. The summed E-state index contributed by atoms with van der Waals surface area (Å²) in [7, 11) is 1.96. The quantitative estimate of drug-likeness (QED) is 0.911. The monoisotopic (exact) mass is 318 g/mol. The van der Waals surface area contributed by atoms with E-state index in [1.165, 1.54) is 33.4 Å². The number of benzene rings is 2. The van der Waals surface area contributed by atoms with Crippen LogP contribution in [0.2, 0.25) is 0 Å². The Morgan fingerprint density at radius 2 is 1.92 bits per heavy atom. The average molecular weight is 318 g/mol. The molecule has 0 fully saturated rings. The molecule has 0 radical (unpaired) electrons. The Balaban J connectivity index is 1.82. The third kappa shape index (κ3) is 2.45. The summed E-state index contributed by atoms with van der Waals surface area (Å²) in [4.78, 5) is 12.4. The Hall–Kier alpha value is -2.39. The van der Waals surface area contributed by atoms with Crippen molar-refractivity contribution in [3.8, 4) is 0 Å². The maximum Gasteiger partial charge on any atom is 0.251 e. The summed E-state index contributed by atoms with van der Waals surface area (Å²) in [5.41, 5.74) is 9.78. The zero-order valence-electron chi connectivity index (χ0n) is 14.2. The van der Waals surface area contributed by atoms with Gasteiger partial charge in [0.05, 0.1) is 0 Å². The second kappa shape index (κ2) is 5.91. The van der Waals surface area contributed by atoms with Crippen molar-refractivity contribution in [1.82, 2.24) is 10.6 Å². The fourth-order valence-electron chi connectivity index (χ4n) is 3.96. The molecule has 4 rings (SSSR count). The van der Waals surface area contributed by atoms with Gasteiger partial charge in [-0.25, -0.2) is 0 Å². The Kier molecular flexibility index (Phi) is 3.73. The first-order chi connectivity index (χ1) is 11.7. The van der Waals surface area contributed by atoms with Gasteiger partial charge in [0.1, 0.15) is 0 Å². The lowest BCUT2D eigenvalue weighted by molar-refractivity contribution is 0.0956. The highest BCUT2D eigenvalue weighted by Gasteiger charge is 2.29. The van der Waals surface area contributed by atoms with Gasteiger partial charge in [0.2, 0.25) is 0 Å². The first-order valence-corrected chi connectivity index (χ1v) is 8.55. The summed E-state index contributed by atoms with van der Waals surface area (Å²) in [6.45, 7) is 3.66. The van der Waals surface area contributed by atoms with Crippen molar-refractivity contribution in [2.75, 3.05) is 13.6 Å². The summed E-state index contributed by atoms with van der Waals surface area (Å²) >= 11 is 0. The molecule has 2 aliphatic rings. The number of aryl methyl sites for hydroxylation is 1. The molecule has 0 saturated carbocycles. The molecule has 0 bridgehead atoms. The predicted octanol–water partition coefficient (Wildman–Crippen LogP) is 3.31. The Labute approximate surface area is 142 Å². The van der Waals surface area contributed by atoms with E-state index in [2.05, 4.69) is 47.9 Å². The maximum absolute atomic E-state index is 12.4. The molecule has 2 aromatic carbocycles. The summed E-state index contributed by atoms with van der Waals surface area (Å²) in [6, 6.07) is 13.1. The van der Waals surface area contributed by atoms with Crippen LogP contribution in [0.15, 0.2) is 36.4 Å². The minimum Gasteiger partial charge on any atom is -0.352 e. The molecule has 0 saturated heterocycles. The van der Waals surface area contributed by atoms with Gasteiger partial charge in [-0.3, -0.25) is 4.79 Å². The van der Waals surface area contributed by atoms with Crippen molar-refractivity contribution in [2.24, 2.45) is 0 Å². The van der Waals surface area contributed by atoms with Crippen LogP contribution in [0, 0.1) is 6.92 Å². The van der Waals surface area contributed by atoms with Crippen LogP contribution in [-0.2, 0) is 13.0 Å². The first kappa shape index (κ1) is 15.2. The van der Waals surface area contributed by atoms with Crippen molar-refractivity contribution in [1.29, 1.82) is 0 Å². The molecule has 3 nitrogen and oxygen atoms in total. The van der Waals surface area contributed by atoms with E-state index in [-0.39, 0.29) is 5.91 Å². The van der Waals surface area contributed by atoms with Crippen LogP contribution in [0.1, 0.15) is 44.6 Å². The van der Waals surface area contributed by atoms with Gasteiger partial charge in [-0.05, 0) is 66.3 Å². The van der Waals surface area contributed by atoms with E-state index >= 15 is 0 Å². The van der Waals surface area contributed by atoms with E-state index in [4.69, 9.17) is 0 Å². The number of hydrogen-bond donors (Lipinski definition) is 2. The van der Waals surface area contributed by atoms with Gasteiger partial charge < -0.3 is 10.6 Å². The predicted molar refractivity (Wildman–Crippen MR) is 97.9 cm³/mol. The molecule has 1 heterocycles. The highest BCUT2D eigenvalue weighted by atomic mass is 16.1. The van der Waals surface area contributed by atoms with E-state index < -0.39 is 0 Å². The van der Waals surface area contributed by atoms with Crippen LogP contribution in [0.4, 0.5) is 0 Å². The van der Waals surface area contributed by atoms with E-state index in [9.17, 15) is 4.79 Å². The lowest BCUT2D eigenvalue weighted by Gasteiger charge is -2.09. The molecule has 24 heavy (non-hydrogen) atoms. The standard InChI is InChI=1S/C21H22N2O/c1-13-9-16-11-18(15-5-3-14(4-6-15)12-22-2)17-7-8-23-21(24)19(10-13)20(16)17/h3-6,9-10,22H,7-8,11-12H2,1-2H3,(H,23,24). The third-order valence-electron chi connectivity index (χ3n) is 4.99. The van der Waals surface area contributed by atoms with Gasteiger partial charge in [-0.1, -0.05) is 35.9 Å². The van der Waals surface area contributed by atoms with Gasteiger partial charge in [0.25, 0.3) is 5.91 Å². The fourth-order valence-corrected chi connectivity index (χ4v) is 3.96. The van der Waals surface area contributed by atoms with Crippen LogP contribution in [0.3, 0.4) is 0 Å². The number of rotatable bonds is 3. The number of carbonyl (C=O) groups excluding carboxylic acids is 1. The van der Waals surface area contributed by atoms with Gasteiger partial charge in [-0.15, -0.1) is 0 Å². The summed E-state index contributed by atoms with van der Waals surface area (Å²) < 4.78 is 0. The van der Waals surface area contributed by atoms with Crippen LogP contribution in [0.5, 0.6) is 0 Å². The smallest absolute Gasteiger partial charge is 0.251 e. The minimum atomic E-state index is 0.0653. The molecule has 1 amide bonds. The van der Waals surface area contributed by atoms with E-state index in [0.717, 1.165) is 30.5 Å². The Morgan fingerprint density at radius 1 is 1.12 bits per heavy atom. The topological polar surface area (TPSA) is 41.1 Å². The van der Waals surface area contributed by atoms with Crippen LogP contribution < -0.4 is 10.6 Å². The highest BCUT2D eigenvalue weighted by molar-refractivity contribution is 6.07. The molecule has 3 heteroatoms. The number of nitrogens with one attached hydrogen (secondary N) is 2. The molecule has 2 N–H and O–H groups in total. The van der Waals surface area contributed by atoms with Crippen LogP contribution >= 0.6 is 0 Å². The van der Waals surface area contributed by atoms with Gasteiger partial charge >= 0.3 is 0 Å². The molecule has 0 spiro atoms. The minimum absolute atomic E-state index is 0.0653. The first-order valence-electron chi connectivity index (χ1n) is 8.55. The Morgan fingerprint density at radius 3 is 2.67 bits per heavy atom.